The van der Waals surface area contributed by atoms with Gasteiger partial charge in [0.15, 0.2) is 0 Å². The Morgan fingerprint density at radius 2 is 2.22 bits per heavy atom. The van der Waals surface area contributed by atoms with Crippen molar-refractivity contribution in [2.24, 2.45) is 0 Å². The van der Waals surface area contributed by atoms with Crippen LogP contribution in [-0.4, -0.2) is 23.4 Å². The largest absolute Gasteiger partial charge is 0.378 e. The van der Waals surface area contributed by atoms with Crippen molar-refractivity contribution in [3.05, 3.63) is 41.1 Å². The molecule has 0 aliphatic carbocycles. The van der Waals surface area contributed by atoms with E-state index in [1.54, 1.807) is 7.11 Å². The lowest BCUT2D eigenvalue weighted by atomic mass is 10.2. The number of aromatic nitrogens is 2. The molecule has 1 aliphatic rings. The highest BCUT2D eigenvalue weighted by atomic mass is 16.5. The molecule has 2 heterocycles. The van der Waals surface area contributed by atoms with Crippen LogP contribution in [0.2, 0.25) is 0 Å². The first kappa shape index (κ1) is 11.3. The molecule has 18 heavy (non-hydrogen) atoms. The summed E-state index contributed by atoms with van der Waals surface area (Å²) in [5, 5.41) is 8.10. The topological polar surface area (TPSA) is 39.1 Å². The van der Waals surface area contributed by atoms with Gasteiger partial charge in [-0.05, 0) is 25.0 Å². The van der Waals surface area contributed by atoms with Crippen molar-refractivity contribution in [3.8, 4) is 5.69 Å². The second-order valence-corrected chi connectivity index (χ2v) is 4.58. The van der Waals surface area contributed by atoms with Gasteiger partial charge in [-0.15, -0.1) is 0 Å². The number of anilines is 1. The highest BCUT2D eigenvalue weighted by Crippen LogP contribution is 2.29. The summed E-state index contributed by atoms with van der Waals surface area (Å²) in [6.07, 6.45) is 1.03. The molecule has 1 aliphatic heterocycles. The molecule has 1 aromatic carbocycles. The quantitative estimate of drug-likeness (QED) is 0.899. The van der Waals surface area contributed by atoms with Gasteiger partial charge < -0.3 is 10.1 Å². The van der Waals surface area contributed by atoms with Crippen molar-refractivity contribution in [1.29, 1.82) is 0 Å². The van der Waals surface area contributed by atoms with Crippen LogP contribution in [0.15, 0.2) is 24.3 Å². The van der Waals surface area contributed by atoms with Crippen molar-refractivity contribution in [1.82, 2.24) is 9.78 Å². The second-order valence-electron chi connectivity index (χ2n) is 4.58. The van der Waals surface area contributed by atoms with Gasteiger partial charge >= 0.3 is 0 Å². The van der Waals surface area contributed by atoms with E-state index in [1.807, 2.05) is 16.8 Å². The Bertz CT molecular complexity index is 574. The number of para-hydroxylation sites is 1. The maximum absolute atomic E-state index is 5.23. The molecule has 0 amide bonds. The minimum Gasteiger partial charge on any atom is -0.378 e. The summed E-state index contributed by atoms with van der Waals surface area (Å²) in [7, 11) is 1.71. The molecule has 0 saturated heterocycles. The molecule has 0 unspecified atom stereocenters. The van der Waals surface area contributed by atoms with Gasteiger partial charge in [0.2, 0.25) is 0 Å². The Labute approximate surface area is 107 Å². The zero-order valence-corrected chi connectivity index (χ0v) is 10.7. The van der Waals surface area contributed by atoms with Gasteiger partial charge in [-0.2, -0.15) is 5.10 Å². The van der Waals surface area contributed by atoms with E-state index >= 15 is 0 Å². The molecule has 2 aromatic rings. The van der Waals surface area contributed by atoms with E-state index in [1.165, 1.54) is 11.1 Å². The van der Waals surface area contributed by atoms with Crippen LogP contribution in [0.4, 0.5) is 5.82 Å². The van der Waals surface area contributed by atoms with E-state index in [0.29, 0.717) is 6.61 Å². The van der Waals surface area contributed by atoms with Gasteiger partial charge in [0, 0.05) is 19.2 Å². The van der Waals surface area contributed by atoms with Gasteiger partial charge in [0.1, 0.15) is 5.82 Å². The third-order valence-electron chi connectivity index (χ3n) is 3.36. The Hall–Kier alpha value is -1.81. The van der Waals surface area contributed by atoms with E-state index < -0.39 is 0 Å². The van der Waals surface area contributed by atoms with Gasteiger partial charge in [-0.25, -0.2) is 4.68 Å². The molecule has 1 N–H and O–H groups in total. The standard InChI is InChI=1S/C14H17N3O/c1-10-5-3-4-6-13(10)17-14-11(7-8-15-14)12(16-17)9-18-2/h3-6,15H,7-9H2,1-2H3. The number of benzene rings is 1. The highest BCUT2D eigenvalue weighted by Gasteiger charge is 2.23. The van der Waals surface area contributed by atoms with E-state index in [9.17, 15) is 0 Å². The average Bonchev–Trinajstić information content (AvgIpc) is 2.94. The van der Waals surface area contributed by atoms with Crippen LogP contribution in [-0.2, 0) is 17.8 Å². The molecule has 0 atom stereocenters. The van der Waals surface area contributed by atoms with E-state index in [-0.39, 0.29) is 0 Å². The Morgan fingerprint density at radius 3 is 3.00 bits per heavy atom. The van der Waals surface area contributed by atoms with E-state index in [2.05, 4.69) is 29.5 Å². The Balaban J connectivity index is 2.13. The van der Waals surface area contributed by atoms with Gasteiger partial charge in [0.25, 0.3) is 0 Å². The van der Waals surface area contributed by atoms with Gasteiger partial charge in [-0.1, -0.05) is 18.2 Å². The average molecular weight is 243 g/mol. The molecule has 0 saturated carbocycles. The minimum absolute atomic E-state index is 0.572. The number of rotatable bonds is 3. The lowest BCUT2D eigenvalue weighted by Crippen LogP contribution is -2.06. The van der Waals surface area contributed by atoms with Crippen molar-refractivity contribution in [3.63, 3.8) is 0 Å². The van der Waals surface area contributed by atoms with E-state index in [0.717, 1.165) is 30.2 Å². The number of fused-ring (bicyclic) bond motifs is 1. The molecule has 4 heteroatoms. The zero-order chi connectivity index (χ0) is 12.5. The molecule has 1 aromatic heterocycles. The third kappa shape index (κ3) is 1.69. The van der Waals surface area contributed by atoms with Crippen LogP contribution in [0.1, 0.15) is 16.8 Å². The fourth-order valence-electron chi connectivity index (χ4n) is 2.47. The minimum atomic E-state index is 0.572. The molecule has 3 rings (SSSR count). The summed E-state index contributed by atoms with van der Waals surface area (Å²) in [5.41, 5.74) is 4.69. The Kier molecular flexibility index (Phi) is 2.80. The Morgan fingerprint density at radius 1 is 1.39 bits per heavy atom. The first-order valence-electron chi connectivity index (χ1n) is 6.21. The van der Waals surface area contributed by atoms with Crippen LogP contribution in [0.5, 0.6) is 0 Å². The maximum atomic E-state index is 5.23. The van der Waals surface area contributed by atoms with Crippen LogP contribution in [0.3, 0.4) is 0 Å². The number of aryl methyl sites for hydroxylation is 1. The van der Waals surface area contributed by atoms with Crippen LogP contribution >= 0.6 is 0 Å². The predicted molar refractivity (Wildman–Crippen MR) is 71.2 cm³/mol. The smallest absolute Gasteiger partial charge is 0.133 e. The highest BCUT2D eigenvalue weighted by molar-refractivity contribution is 5.58. The predicted octanol–water partition coefficient (Wildman–Crippen LogP) is 2.30. The zero-order valence-electron chi connectivity index (χ0n) is 10.7. The second kappa shape index (κ2) is 4.46. The van der Waals surface area contributed by atoms with Gasteiger partial charge in [0.05, 0.1) is 18.0 Å². The summed E-state index contributed by atoms with van der Waals surface area (Å²) in [6, 6.07) is 8.29. The number of methoxy groups -OCH3 is 1. The van der Waals surface area contributed by atoms with Crippen LogP contribution in [0, 0.1) is 6.92 Å². The number of ether oxygens (including phenoxy) is 1. The molecule has 94 valence electrons. The van der Waals surface area contributed by atoms with Crippen LogP contribution in [0.25, 0.3) is 5.69 Å². The van der Waals surface area contributed by atoms with Crippen molar-refractivity contribution in [2.75, 3.05) is 19.0 Å². The molecular weight excluding hydrogens is 226 g/mol. The molecular formula is C14H17N3O. The fourth-order valence-corrected chi connectivity index (χ4v) is 2.47. The fraction of sp³-hybridized carbons (Fsp3) is 0.357. The monoisotopic (exact) mass is 243 g/mol. The molecule has 0 radical (unpaired) electrons. The lowest BCUT2D eigenvalue weighted by Gasteiger charge is -2.09. The van der Waals surface area contributed by atoms with Crippen molar-refractivity contribution in [2.45, 2.75) is 20.0 Å². The molecule has 0 spiro atoms. The lowest BCUT2D eigenvalue weighted by molar-refractivity contribution is 0.180. The van der Waals surface area contributed by atoms with Crippen molar-refractivity contribution < 1.29 is 4.74 Å². The maximum Gasteiger partial charge on any atom is 0.133 e. The molecule has 4 nitrogen and oxygen atoms in total. The SMILES string of the molecule is COCc1nn(-c2ccccc2C)c2c1CCN2. The molecule has 0 fully saturated rings. The molecule has 0 bridgehead atoms. The first-order valence-corrected chi connectivity index (χ1v) is 6.21. The van der Waals surface area contributed by atoms with Crippen LogP contribution < -0.4 is 5.32 Å². The summed E-state index contributed by atoms with van der Waals surface area (Å²) in [6.45, 7) is 3.66. The normalized spacial score (nSPS) is 13.4. The summed E-state index contributed by atoms with van der Waals surface area (Å²) >= 11 is 0. The third-order valence-corrected chi connectivity index (χ3v) is 3.36. The first-order chi connectivity index (χ1) is 8.81. The summed E-state index contributed by atoms with van der Waals surface area (Å²) in [5.74, 6) is 1.12. The van der Waals surface area contributed by atoms with Gasteiger partial charge in [-0.3, -0.25) is 0 Å². The summed E-state index contributed by atoms with van der Waals surface area (Å²) < 4.78 is 7.23. The summed E-state index contributed by atoms with van der Waals surface area (Å²) in [4.78, 5) is 0. The number of hydrogen-bond acceptors (Lipinski definition) is 3. The number of hydrogen-bond donors (Lipinski definition) is 1. The van der Waals surface area contributed by atoms with E-state index in [4.69, 9.17) is 4.74 Å². The number of nitrogens with zero attached hydrogens (tertiary/aromatic N) is 2. The van der Waals surface area contributed by atoms with Crippen molar-refractivity contribution >= 4 is 5.82 Å². The number of nitrogens with one attached hydrogen (secondary N) is 1.